The van der Waals surface area contributed by atoms with E-state index in [2.05, 4.69) is 16.2 Å². The second-order valence-electron chi connectivity index (χ2n) is 3.42. The Labute approximate surface area is 101 Å². The van der Waals surface area contributed by atoms with Crippen molar-refractivity contribution >= 4 is 12.0 Å². The number of carbonyl (C=O) groups is 1. The van der Waals surface area contributed by atoms with Gasteiger partial charge < -0.3 is 14.5 Å². The molecular formula is C12H16N2O3. The molecule has 1 atom stereocenters. The molecule has 1 N–H and O–H groups in total. The van der Waals surface area contributed by atoms with Crippen LogP contribution in [0.25, 0.3) is 0 Å². The summed E-state index contributed by atoms with van der Waals surface area (Å²) in [6, 6.07) is 0.379. The zero-order valence-corrected chi connectivity index (χ0v) is 10.0. The van der Waals surface area contributed by atoms with Crippen LogP contribution in [0.3, 0.4) is 0 Å². The number of rotatable bonds is 6. The second kappa shape index (κ2) is 6.59. The van der Waals surface area contributed by atoms with E-state index in [-0.39, 0.29) is 17.8 Å². The minimum Gasteiger partial charge on any atom is -0.461 e. The molecule has 1 rings (SSSR count). The number of terminal acetylenes is 1. The summed E-state index contributed by atoms with van der Waals surface area (Å²) in [6.07, 6.45) is 7.93. The molecule has 0 amide bonds. The minimum atomic E-state index is -0.491. The summed E-state index contributed by atoms with van der Waals surface area (Å²) in [5.41, 5.74) is 0.157. The van der Waals surface area contributed by atoms with Gasteiger partial charge in [-0.05, 0) is 13.3 Å². The largest absolute Gasteiger partial charge is 0.461 e. The van der Waals surface area contributed by atoms with Gasteiger partial charge >= 0.3 is 5.97 Å². The lowest BCUT2D eigenvalue weighted by Crippen LogP contribution is -2.18. The molecule has 0 aliphatic heterocycles. The zero-order valence-electron chi connectivity index (χ0n) is 10.0. The lowest BCUT2D eigenvalue weighted by atomic mass is 10.2. The Hall–Kier alpha value is -1.96. The van der Waals surface area contributed by atoms with Crippen molar-refractivity contribution in [1.82, 2.24) is 4.98 Å². The number of carbonyl (C=O) groups excluding carboxylic acids is 1. The van der Waals surface area contributed by atoms with E-state index in [9.17, 15) is 4.79 Å². The fourth-order valence-electron chi connectivity index (χ4n) is 1.25. The van der Waals surface area contributed by atoms with E-state index < -0.39 is 5.97 Å². The molecular weight excluding hydrogens is 220 g/mol. The van der Waals surface area contributed by atoms with Gasteiger partial charge in [0, 0.05) is 12.5 Å². The van der Waals surface area contributed by atoms with Crippen molar-refractivity contribution in [3.63, 3.8) is 0 Å². The lowest BCUT2D eigenvalue weighted by Gasteiger charge is -2.11. The van der Waals surface area contributed by atoms with Crippen LogP contribution in [-0.2, 0) is 4.74 Å². The molecule has 0 radical (unpaired) electrons. The van der Waals surface area contributed by atoms with Gasteiger partial charge in [-0.15, -0.1) is 12.3 Å². The molecule has 1 aromatic heterocycles. The van der Waals surface area contributed by atoms with Gasteiger partial charge in [-0.1, -0.05) is 6.92 Å². The summed E-state index contributed by atoms with van der Waals surface area (Å²) in [5, 5.41) is 3.02. The number of aromatic nitrogens is 1. The van der Waals surface area contributed by atoms with Gasteiger partial charge in [0.2, 0.25) is 0 Å². The maximum atomic E-state index is 11.3. The number of nitrogens with one attached hydrogen (secondary N) is 1. The number of ether oxygens (including phenoxy) is 1. The molecule has 0 saturated heterocycles. The summed E-state index contributed by atoms with van der Waals surface area (Å²) >= 11 is 0. The summed E-state index contributed by atoms with van der Waals surface area (Å²) in [7, 11) is 0. The minimum absolute atomic E-state index is 0.0914. The molecule has 17 heavy (non-hydrogen) atoms. The monoisotopic (exact) mass is 236 g/mol. The second-order valence-corrected chi connectivity index (χ2v) is 3.42. The predicted octanol–water partition coefficient (Wildman–Crippen LogP) is 2.07. The molecule has 1 unspecified atom stereocenters. The van der Waals surface area contributed by atoms with E-state index in [1.165, 1.54) is 6.26 Å². The SMILES string of the molecule is C#CCC(CC)Nc1nc(C(=O)OCC)co1. The first-order valence-corrected chi connectivity index (χ1v) is 5.53. The van der Waals surface area contributed by atoms with E-state index in [1.54, 1.807) is 6.92 Å². The third-order valence-electron chi connectivity index (χ3n) is 2.17. The van der Waals surface area contributed by atoms with E-state index in [1.807, 2.05) is 6.92 Å². The van der Waals surface area contributed by atoms with Gasteiger partial charge in [-0.3, -0.25) is 0 Å². The van der Waals surface area contributed by atoms with Crippen molar-refractivity contribution in [1.29, 1.82) is 0 Å². The third-order valence-corrected chi connectivity index (χ3v) is 2.17. The number of nitrogens with zero attached hydrogens (tertiary/aromatic N) is 1. The van der Waals surface area contributed by atoms with Gasteiger partial charge in [0.1, 0.15) is 6.26 Å². The van der Waals surface area contributed by atoms with Crippen LogP contribution in [0.2, 0.25) is 0 Å². The quantitative estimate of drug-likeness (QED) is 0.605. The van der Waals surface area contributed by atoms with Crippen LogP contribution < -0.4 is 5.32 Å². The number of hydrogen-bond acceptors (Lipinski definition) is 5. The topological polar surface area (TPSA) is 64.4 Å². The van der Waals surface area contributed by atoms with Crippen molar-refractivity contribution in [3.05, 3.63) is 12.0 Å². The van der Waals surface area contributed by atoms with Gasteiger partial charge in [-0.2, -0.15) is 4.98 Å². The standard InChI is InChI=1S/C12H16N2O3/c1-4-7-9(5-2)13-12-14-10(8-17-12)11(15)16-6-3/h1,8-9H,5-7H2,2-3H3,(H,13,14). The van der Waals surface area contributed by atoms with Crippen molar-refractivity contribution in [2.24, 2.45) is 0 Å². The van der Waals surface area contributed by atoms with E-state index in [0.29, 0.717) is 13.0 Å². The Morgan fingerprint density at radius 3 is 3.06 bits per heavy atom. The number of esters is 1. The fourth-order valence-corrected chi connectivity index (χ4v) is 1.25. The Kier molecular flexibility index (Phi) is 5.08. The Morgan fingerprint density at radius 2 is 2.47 bits per heavy atom. The van der Waals surface area contributed by atoms with Crippen LogP contribution in [0, 0.1) is 12.3 Å². The molecule has 0 saturated carbocycles. The van der Waals surface area contributed by atoms with Crippen LogP contribution >= 0.6 is 0 Å². The van der Waals surface area contributed by atoms with Gasteiger partial charge in [0.25, 0.3) is 6.01 Å². The van der Waals surface area contributed by atoms with E-state index in [0.717, 1.165) is 6.42 Å². The van der Waals surface area contributed by atoms with Crippen molar-refractivity contribution < 1.29 is 13.9 Å². The molecule has 1 heterocycles. The third kappa shape index (κ3) is 3.83. The molecule has 0 bridgehead atoms. The van der Waals surface area contributed by atoms with Crippen LogP contribution in [0.15, 0.2) is 10.7 Å². The predicted molar refractivity (Wildman–Crippen MR) is 63.6 cm³/mol. The molecule has 1 aromatic rings. The first-order valence-electron chi connectivity index (χ1n) is 5.53. The van der Waals surface area contributed by atoms with Crippen LogP contribution in [-0.4, -0.2) is 23.6 Å². The number of anilines is 1. The highest BCUT2D eigenvalue weighted by Crippen LogP contribution is 2.12. The van der Waals surface area contributed by atoms with Gasteiger partial charge in [0.15, 0.2) is 5.69 Å². The van der Waals surface area contributed by atoms with Crippen LogP contribution in [0.5, 0.6) is 0 Å². The fraction of sp³-hybridized carbons (Fsp3) is 0.500. The summed E-state index contributed by atoms with van der Waals surface area (Å²) in [6.45, 7) is 4.05. The highest BCUT2D eigenvalue weighted by molar-refractivity contribution is 5.87. The van der Waals surface area contributed by atoms with Crippen molar-refractivity contribution in [3.8, 4) is 12.3 Å². The van der Waals surface area contributed by atoms with Crippen molar-refractivity contribution in [2.75, 3.05) is 11.9 Å². The van der Waals surface area contributed by atoms with Crippen LogP contribution in [0.4, 0.5) is 6.01 Å². The molecule has 0 aliphatic carbocycles. The van der Waals surface area contributed by atoms with Crippen molar-refractivity contribution in [2.45, 2.75) is 32.7 Å². The molecule has 5 nitrogen and oxygen atoms in total. The average molecular weight is 236 g/mol. The normalized spacial score (nSPS) is 11.6. The Balaban J connectivity index is 2.62. The molecule has 0 aromatic carbocycles. The Bertz CT molecular complexity index is 406. The maximum Gasteiger partial charge on any atom is 0.360 e. The Morgan fingerprint density at radius 1 is 1.71 bits per heavy atom. The summed E-state index contributed by atoms with van der Waals surface area (Å²) < 4.78 is 9.92. The van der Waals surface area contributed by atoms with E-state index >= 15 is 0 Å². The molecule has 92 valence electrons. The first-order chi connectivity index (χ1) is 8.21. The number of hydrogen-bond donors (Lipinski definition) is 1. The molecule has 0 aliphatic rings. The smallest absolute Gasteiger partial charge is 0.360 e. The van der Waals surface area contributed by atoms with Gasteiger partial charge in [0.05, 0.1) is 6.61 Å². The zero-order chi connectivity index (χ0) is 12.7. The molecule has 0 fully saturated rings. The maximum absolute atomic E-state index is 11.3. The van der Waals surface area contributed by atoms with Crippen LogP contribution in [0.1, 0.15) is 37.2 Å². The summed E-state index contributed by atoms with van der Waals surface area (Å²) in [5.74, 6) is 2.07. The summed E-state index contributed by atoms with van der Waals surface area (Å²) in [4.78, 5) is 15.3. The van der Waals surface area contributed by atoms with E-state index in [4.69, 9.17) is 15.6 Å². The lowest BCUT2D eigenvalue weighted by molar-refractivity contribution is 0.0519. The molecule has 5 heteroatoms. The average Bonchev–Trinajstić information content (AvgIpc) is 2.77. The highest BCUT2D eigenvalue weighted by Gasteiger charge is 2.14. The highest BCUT2D eigenvalue weighted by atomic mass is 16.5. The number of oxazole rings is 1. The first kappa shape index (κ1) is 13.1. The molecule has 0 spiro atoms. The van der Waals surface area contributed by atoms with Gasteiger partial charge in [-0.25, -0.2) is 4.79 Å².